The van der Waals surface area contributed by atoms with Gasteiger partial charge in [-0.3, -0.25) is 4.79 Å². The van der Waals surface area contributed by atoms with Crippen molar-refractivity contribution in [2.45, 2.75) is 43.0 Å². The number of benzene rings is 1. The van der Waals surface area contributed by atoms with E-state index >= 15 is 0 Å². The molecule has 0 saturated carbocycles. The van der Waals surface area contributed by atoms with Crippen LogP contribution in [0.2, 0.25) is 0 Å². The molecule has 6 heteroatoms. The third-order valence-corrected chi connectivity index (χ3v) is 5.58. The molecule has 0 unspecified atom stereocenters. The average Bonchev–Trinajstić information content (AvgIpc) is 2.71. The Hall–Kier alpha value is -1.69. The molecule has 2 aliphatic rings. The molecule has 118 valence electrons. The summed E-state index contributed by atoms with van der Waals surface area (Å²) in [6.45, 7) is 4.18. The monoisotopic (exact) mass is 321 g/mol. The van der Waals surface area contributed by atoms with E-state index in [1.807, 2.05) is 38.1 Å². The Morgan fingerprint density at radius 2 is 2.05 bits per heavy atom. The second-order valence-electron chi connectivity index (χ2n) is 6.04. The minimum Gasteiger partial charge on any atom is -0.497 e. The van der Waals surface area contributed by atoms with Crippen LogP contribution >= 0.6 is 11.8 Å². The highest BCUT2D eigenvalue weighted by atomic mass is 32.2. The van der Waals surface area contributed by atoms with E-state index in [0.717, 1.165) is 11.3 Å². The van der Waals surface area contributed by atoms with Crippen molar-refractivity contribution in [2.75, 3.05) is 7.11 Å². The number of fused-ring (bicyclic) bond motifs is 1. The van der Waals surface area contributed by atoms with Gasteiger partial charge in [0.2, 0.25) is 5.91 Å². The third-order valence-electron chi connectivity index (χ3n) is 4.09. The van der Waals surface area contributed by atoms with Crippen molar-refractivity contribution in [1.82, 2.24) is 4.90 Å². The van der Waals surface area contributed by atoms with Gasteiger partial charge in [0.1, 0.15) is 18.4 Å². The molecule has 0 N–H and O–H groups in total. The molecule has 2 fully saturated rings. The normalized spacial score (nSPS) is 25.4. The van der Waals surface area contributed by atoms with Crippen LogP contribution in [-0.4, -0.2) is 40.0 Å². The van der Waals surface area contributed by atoms with Crippen LogP contribution in [0.25, 0.3) is 0 Å². The molecule has 2 atom stereocenters. The number of hydrogen-bond donors (Lipinski definition) is 0. The Labute approximate surface area is 134 Å². The summed E-state index contributed by atoms with van der Waals surface area (Å²) in [6.07, 6.45) is 0.524. The number of amides is 1. The lowest BCUT2D eigenvalue weighted by molar-refractivity contribution is -0.162. The third kappa shape index (κ3) is 2.56. The first-order valence-electron chi connectivity index (χ1n) is 7.21. The average molecular weight is 321 g/mol. The molecule has 2 saturated heterocycles. The van der Waals surface area contributed by atoms with Crippen LogP contribution in [0.15, 0.2) is 24.3 Å². The molecule has 0 radical (unpaired) electrons. The fraction of sp³-hybridized carbons (Fsp3) is 0.500. The van der Waals surface area contributed by atoms with Crippen molar-refractivity contribution in [2.24, 2.45) is 0 Å². The van der Waals surface area contributed by atoms with Crippen molar-refractivity contribution >= 4 is 23.6 Å². The van der Waals surface area contributed by atoms with E-state index in [2.05, 4.69) is 0 Å². The quantitative estimate of drug-likeness (QED) is 0.628. The van der Waals surface area contributed by atoms with E-state index in [1.165, 1.54) is 0 Å². The number of esters is 1. The number of β-lactam (4-membered cyclic amide) rings is 1. The second-order valence-corrected chi connectivity index (χ2v) is 7.87. The standard InChI is InChI=1S/C16H19NO4S/c1-16(2)14(17-12(18)8-13(17)22-16)15(19)21-9-10-4-6-11(20-3)7-5-10/h4-7,13-14H,8-9H2,1-3H3/t13-,14+/m1/s1. The Morgan fingerprint density at radius 3 is 2.64 bits per heavy atom. The zero-order valence-electron chi connectivity index (χ0n) is 12.9. The van der Waals surface area contributed by atoms with Crippen LogP contribution in [-0.2, 0) is 20.9 Å². The molecule has 2 heterocycles. The fourth-order valence-electron chi connectivity index (χ4n) is 2.91. The van der Waals surface area contributed by atoms with E-state index in [4.69, 9.17) is 9.47 Å². The van der Waals surface area contributed by atoms with Gasteiger partial charge in [-0.25, -0.2) is 4.79 Å². The summed E-state index contributed by atoms with van der Waals surface area (Å²) in [4.78, 5) is 25.9. The highest BCUT2D eigenvalue weighted by molar-refractivity contribution is 8.01. The molecule has 1 aromatic rings. The summed E-state index contributed by atoms with van der Waals surface area (Å²) in [6, 6.07) is 6.87. The van der Waals surface area contributed by atoms with Gasteiger partial charge in [-0.15, -0.1) is 11.8 Å². The van der Waals surface area contributed by atoms with Crippen LogP contribution in [0.5, 0.6) is 5.75 Å². The Kier molecular flexibility index (Phi) is 3.80. The van der Waals surface area contributed by atoms with Gasteiger partial charge < -0.3 is 14.4 Å². The molecular formula is C16H19NO4S. The summed E-state index contributed by atoms with van der Waals surface area (Å²) < 4.78 is 10.2. The first-order valence-corrected chi connectivity index (χ1v) is 8.09. The fourth-order valence-corrected chi connectivity index (χ4v) is 4.53. The molecule has 3 rings (SSSR count). The molecular weight excluding hydrogens is 302 g/mol. The van der Waals surface area contributed by atoms with Gasteiger partial charge in [0.25, 0.3) is 0 Å². The highest BCUT2D eigenvalue weighted by Gasteiger charge is 2.59. The van der Waals surface area contributed by atoms with Gasteiger partial charge in [0.05, 0.1) is 18.9 Å². The summed E-state index contributed by atoms with van der Waals surface area (Å²) in [5.74, 6) is 0.468. The number of rotatable bonds is 4. The lowest BCUT2D eigenvalue weighted by atomic mass is 9.98. The SMILES string of the molecule is COc1ccc(COC(=O)[C@@H]2N3C(=O)C[C@H]3SC2(C)C)cc1. The van der Waals surface area contributed by atoms with Crippen LogP contribution in [0, 0.1) is 0 Å². The number of carbonyl (C=O) groups excluding carboxylic acids is 2. The minimum absolute atomic E-state index is 0.0365. The van der Waals surface area contributed by atoms with E-state index in [-0.39, 0.29) is 28.6 Å². The lowest BCUT2D eigenvalue weighted by Gasteiger charge is -2.37. The molecule has 1 amide bonds. The zero-order chi connectivity index (χ0) is 15.9. The largest absolute Gasteiger partial charge is 0.497 e. The van der Waals surface area contributed by atoms with Crippen LogP contribution in [0.1, 0.15) is 25.8 Å². The van der Waals surface area contributed by atoms with Gasteiger partial charge >= 0.3 is 5.97 Å². The van der Waals surface area contributed by atoms with Gasteiger partial charge in [-0.2, -0.15) is 0 Å². The molecule has 5 nitrogen and oxygen atoms in total. The Balaban J connectivity index is 1.64. The predicted octanol–water partition coefficient (Wildman–Crippen LogP) is 2.19. The number of thioether (sulfide) groups is 1. The van der Waals surface area contributed by atoms with Crippen molar-refractivity contribution in [1.29, 1.82) is 0 Å². The summed E-state index contributed by atoms with van der Waals surface area (Å²) in [7, 11) is 1.61. The van der Waals surface area contributed by atoms with Gasteiger partial charge in [0, 0.05) is 4.75 Å². The molecule has 0 aliphatic carbocycles. The first kappa shape index (κ1) is 15.2. The predicted molar refractivity (Wildman–Crippen MR) is 83.5 cm³/mol. The lowest BCUT2D eigenvalue weighted by Crippen LogP contribution is -2.57. The maximum atomic E-state index is 12.4. The molecule has 22 heavy (non-hydrogen) atoms. The van der Waals surface area contributed by atoms with Crippen LogP contribution < -0.4 is 4.74 Å². The van der Waals surface area contributed by atoms with Crippen molar-refractivity contribution < 1.29 is 19.1 Å². The number of methoxy groups -OCH3 is 1. The molecule has 0 aromatic heterocycles. The number of nitrogens with zero attached hydrogens (tertiary/aromatic N) is 1. The first-order chi connectivity index (χ1) is 10.4. The number of ether oxygens (including phenoxy) is 2. The Morgan fingerprint density at radius 1 is 1.36 bits per heavy atom. The van der Waals surface area contributed by atoms with E-state index in [9.17, 15) is 9.59 Å². The van der Waals surface area contributed by atoms with E-state index < -0.39 is 6.04 Å². The molecule has 0 spiro atoms. The van der Waals surface area contributed by atoms with Gasteiger partial charge in [-0.05, 0) is 31.5 Å². The van der Waals surface area contributed by atoms with Crippen molar-refractivity contribution in [3.63, 3.8) is 0 Å². The van der Waals surface area contributed by atoms with Crippen molar-refractivity contribution in [3.05, 3.63) is 29.8 Å². The van der Waals surface area contributed by atoms with Gasteiger partial charge in [0.15, 0.2) is 0 Å². The van der Waals surface area contributed by atoms with Gasteiger partial charge in [-0.1, -0.05) is 12.1 Å². The molecule has 2 aliphatic heterocycles. The van der Waals surface area contributed by atoms with Crippen LogP contribution in [0.4, 0.5) is 0 Å². The summed E-state index contributed by atoms with van der Waals surface area (Å²) in [5.41, 5.74) is 0.893. The maximum Gasteiger partial charge on any atom is 0.330 e. The number of hydrogen-bond acceptors (Lipinski definition) is 5. The van der Waals surface area contributed by atoms with E-state index in [1.54, 1.807) is 23.8 Å². The van der Waals surface area contributed by atoms with Crippen LogP contribution in [0.3, 0.4) is 0 Å². The summed E-state index contributed by atoms with van der Waals surface area (Å²) >= 11 is 1.67. The summed E-state index contributed by atoms with van der Waals surface area (Å²) in [5, 5.41) is 0.126. The highest BCUT2D eigenvalue weighted by Crippen LogP contribution is 2.50. The Bertz CT molecular complexity index is 599. The van der Waals surface area contributed by atoms with Crippen molar-refractivity contribution in [3.8, 4) is 5.75 Å². The second kappa shape index (κ2) is 5.50. The number of carbonyl (C=O) groups is 2. The smallest absolute Gasteiger partial charge is 0.330 e. The maximum absolute atomic E-state index is 12.4. The zero-order valence-corrected chi connectivity index (χ0v) is 13.7. The minimum atomic E-state index is -0.498. The van der Waals surface area contributed by atoms with E-state index in [0.29, 0.717) is 6.42 Å². The molecule has 0 bridgehead atoms. The topological polar surface area (TPSA) is 55.8 Å². The molecule has 1 aromatic carbocycles.